The molecule has 2 amide bonds. The zero-order valence-corrected chi connectivity index (χ0v) is 14.6. The number of aliphatic carboxylic acids is 1. The number of amides is 2. The molecule has 1 saturated heterocycles. The molecule has 1 unspecified atom stereocenters. The Labute approximate surface area is 145 Å². The van der Waals surface area contributed by atoms with E-state index in [9.17, 15) is 9.59 Å². The van der Waals surface area contributed by atoms with Gasteiger partial charge < -0.3 is 15.3 Å². The van der Waals surface area contributed by atoms with Crippen LogP contribution in [0.1, 0.15) is 25.8 Å². The number of hydrogen-bond donors (Lipinski definition) is 2. The number of halogens is 2. The molecule has 0 bridgehead atoms. The number of carbonyl (C=O) groups excluding carboxylic acids is 1. The lowest BCUT2D eigenvalue weighted by molar-refractivity contribution is -0.141. The maximum atomic E-state index is 12.2. The summed E-state index contributed by atoms with van der Waals surface area (Å²) in [6, 6.07) is 5.19. The number of benzene rings is 1. The third kappa shape index (κ3) is 4.30. The molecule has 1 fully saturated rings. The van der Waals surface area contributed by atoms with Crippen LogP contribution in [0.25, 0.3) is 0 Å². The Morgan fingerprint density at radius 1 is 1.35 bits per heavy atom. The van der Waals surface area contributed by atoms with Crippen LogP contribution in [0.3, 0.4) is 0 Å². The topological polar surface area (TPSA) is 69.6 Å². The van der Waals surface area contributed by atoms with E-state index in [0.29, 0.717) is 29.6 Å². The van der Waals surface area contributed by atoms with Crippen molar-refractivity contribution in [2.24, 2.45) is 5.92 Å². The molecule has 7 heteroatoms. The number of likely N-dealkylation sites (tertiary alicyclic amines) is 1. The summed E-state index contributed by atoms with van der Waals surface area (Å²) in [5.41, 5.74) is 0.646. The van der Waals surface area contributed by atoms with Crippen molar-refractivity contribution in [3.05, 3.63) is 33.8 Å². The average molecular weight is 359 g/mol. The zero-order valence-electron chi connectivity index (χ0n) is 13.1. The number of nitrogens with zero attached hydrogens (tertiary/aromatic N) is 1. The van der Waals surface area contributed by atoms with Gasteiger partial charge in [0.15, 0.2) is 0 Å². The fraction of sp³-hybridized carbons (Fsp3) is 0.500. The second kappa shape index (κ2) is 6.97. The average Bonchev–Trinajstić information content (AvgIpc) is 2.97. The van der Waals surface area contributed by atoms with Crippen LogP contribution in [0.5, 0.6) is 0 Å². The van der Waals surface area contributed by atoms with Gasteiger partial charge in [-0.15, -0.1) is 0 Å². The predicted octanol–water partition coefficient (Wildman–Crippen LogP) is 3.39. The normalized spacial score (nSPS) is 18.1. The molecule has 126 valence electrons. The fourth-order valence-electron chi connectivity index (χ4n) is 2.57. The van der Waals surface area contributed by atoms with Gasteiger partial charge in [-0.3, -0.25) is 4.79 Å². The highest BCUT2D eigenvalue weighted by molar-refractivity contribution is 6.42. The SMILES string of the molecule is CC(C)(CNC(=O)N1CCC(C(=O)O)C1)c1ccc(Cl)c(Cl)c1. The van der Waals surface area contributed by atoms with Crippen molar-refractivity contribution < 1.29 is 14.7 Å². The summed E-state index contributed by atoms with van der Waals surface area (Å²) in [6.07, 6.45) is 0.499. The molecule has 2 N–H and O–H groups in total. The maximum Gasteiger partial charge on any atom is 0.317 e. The van der Waals surface area contributed by atoms with Gasteiger partial charge in [0.1, 0.15) is 0 Å². The van der Waals surface area contributed by atoms with Gasteiger partial charge in [-0.2, -0.15) is 0 Å². The second-order valence-electron chi connectivity index (χ2n) is 6.44. The monoisotopic (exact) mass is 358 g/mol. The van der Waals surface area contributed by atoms with E-state index in [4.69, 9.17) is 28.3 Å². The van der Waals surface area contributed by atoms with Crippen molar-refractivity contribution in [3.8, 4) is 0 Å². The number of carboxylic acid groups (broad SMARTS) is 1. The fourth-order valence-corrected chi connectivity index (χ4v) is 2.87. The first kappa shape index (κ1) is 17.9. The Morgan fingerprint density at radius 2 is 2.04 bits per heavy atom. The van der Waals surface area contributed by atoms with E-state index in [1.165, 1.54) is 0 Å². The molecule has 0 saturated carbocycles. The quantitative estimate of drug-likeness (QED) is 0.866. The van der Waals surface area contributed by atoms with E-state index in [-0.39, 0.29) is 18.0 Å². The number of urea groups is 1. The second-order valence-corrected chi connectivity index (χ2v) is 7.26. The van der Waals surface area contributed by atoms with Gasteiger partial charge in [-0.1, -0.05) is 43.1 Å². The molecule has 1 aliphatic rings. The van der Waals surface area contributed by atoms with Crippen LogP contribution in [0, 0.1) is 5.92 Å². The summed E-state index contributed by atoms with van der Waals surface area (Å²) in [4.78, 5) is 24.7. The van der Waals surface area contributed by atoms with Gasteiger partial charge in [0.25, 0.3) is 0 Å². The first-order valence-corrected chi connectivity index (χ1v) is 8.17. The Bertz CT molecular complexity index is 619. The van der Waals surface area contributed by atoms with E-state index < -0.39 is 11.9 Å². The lowest BCUT2D eigenvalue weighted by atomic mass is 9.84. The van der Waals surface area contributed by atoms with Crippen molar-refractivity contribution in [3.63, 3.8) is 0 Å². The summed E-state index contributed by atoms with van der Waals surface area (Å²) < 4.78 is 0. The number of carbonyl (C=O) groups is 2. The number of nitrogens with one attached hydrogen (secondary N) is 1. The molecule has 0 aromatic heterocycles. The molecule has 1 aliphatic heterocycles. The van der Waals surface area contributed by atoms with Crippen LogP contribution >= 0.6 is 23.2 Å². The molecular formula is C16H20Cl2N2O3. The van der Waals surface area contributed by atoms with Crippen LogP contribution in [-0.4, -0.2) is 41.6 Å². The lowest BCUT2D eigenvalue weighted by Gasteiger charge is -2.27. The molecule has 1 atom stereocenters. The zero-order chi connectivity index (χ0) is 17.2. The minimum Gasteiger partial charge on any atom is -0.481 e. The Morgan fingerprint density at radius 3 is 2.61 bits per heavy atom. The molecular weight excluding hydrogens is 339 g/mol. The van der Waals surface area contributed by atoms with E-state index in [0.717, 1.165) is 5.56 Å². The van der Waals surface area contributed by atoms with Crippen LogP contribution in [0.4, 0.5) is 4.79 Å². The van der Waals surface area contributed by atoms with E-state index in [1.807, 2.05) is 19.9 Å². The summed E-state index contributed by atoms with van der Waals surface area (Å²) >= 11 is 12.0. The van der Waals surface area contributed by atoms with Gasteiger partial charge in [0.05, 0.1) is 16.0 Å². The molecule has 0 aliphatic carbocycles. The Balaban J connectivity index is 1.95. The van der Waals surface area contributed by atoms with Gasteiger partial charge in [0.2, 0.25) is 0 Å². The summed E-state index contributed by atoms with van der Waals surface area (Å²) in [7, 11) is 0. The first-order chi connectivity index (χ1) is 10.7. The van der Waals surface area contributed by atoms with E-state index >= 15 is 0 Å². The number of rotatable bonds is 4. The highest BCUT2D eigenvalue weighted by Gasteiger charge is 2.31. The van der Waals surface area contributed by atoms with Crippen LogP contribution < -0.4 is 5.32 Å². The summed E-state index contributed by atoms with van der Waals surface area (Å²) in [5, 5.41) is 12.8. The Kier molecular flexibility index (Phi) is 5.42. The van der Waals surface area contributed by atoms with Gasteiger partial charge >= 0.3 is 12.0 Å². The maximum absolute atomic E-state index is 12.2. The minimum atomic E-state index is -0.851. The van der Waals surface area contributed by atoms with Crippen LogP contribution in [-0.2, 0) is 10.2 Å². The van der Waals surface area contributed by atoms with Crippen molar-refractivity contribution in [1.82, 2.24) is 10.2 Å². The minimum absolute atomic E-state index is 0.234. The van der Waals surface area contributed by atoms with Crippen molar-refractivity contribution in [1.29, 1.82) is 0 Å². The summed E-state index contributed by atoms with van der Waals surface area (Å²) in [5.74, 6) is -1.32. The molecule has 2 rings (SSSR count). The highest BCUT2D eigenvalue weighted by Crippen LogP contribution is 2.29. The molecule has 1 aromatic carbocycles. The molecule has 1 aromatic rings. The lowest BCUT2D eigenvalue weighted by Crippen LogP contribution is -2.44. The molecule has 0 radical (unpaired) electrons. The Hall–Kier alpha value is -1.46. The molecule has 23 heavy (non-hydrogen) atoms. The number of carboxylic acids is 1. The van der Waals surface area contributed by atoms with E-state index in [1.54, 1.807) is 17.0 Å². The van der Waals surface area contributed by atoms with Crippen molar-refractivity contribution in [2.45, 2.75) is 25.7 Å². The molecule has 1 heterocycles. The third-order valence-electron chi connectivity index (χ3n) is 4.21. The third-order valence-corrected chi connectivity index (χ3v) is 4.95. The van der Waals surface area contributed by atoms with Crippen LogP contribution in [0.2, 0.25) is 10.0 Å². The molecule has 0 spiro atoms. The largest absolute Gasteiger partial charge is 0.481 e. The number of hydrogen-bond acceptors (Lipinski definition) is 2. The van der Waals surface area contributed by atoms with Crippen molar-refractivity contribution >= 4 is 35.2 Å². The van der Waals surface area contributed by atoms with Crippen LogP contribution in [0.15, 0.2) is 18.2 Å². The predicted molar refractivity (Wildman–Crippen MR) is 90.2 cm³/mol. The van der Waals surface area contributed by atoms with Gasteiger partial charge in [-0.05, 0) is 24.1 Å². The van der Waals surface area contributed by atoms with Gasteiger partial charge in [-0.25, -0.2) is 4.79 Å². The summed E-state index contributed by atoms with van der Waals surface area (Å²) in [6.45, 7) is 5.14. The highest BCUT2D eigenvalue weighted by atomic mass is 35.5. The first-order valence-electron chi connectivity index (χ1n) is 7.42. The van der Waals surface area contributed by atoms with Gasteiger partial charge in [0, 0.05) is 25.0 Å². The van der Waals surface area contributed by atoms with Crippen molar-refractivity contribution in [2.75, 3.05) is 19.6 Å². The molecule has 5 nitrogen and oxygen atoms in total. The smallest absolute Gasteiger partial charge is 0.317 e. The standard InChI is InChI=1S/C16H20Cl2N2O3/c1-16(2,11-3-4-12(17)13(18)7-11)9-19-15(23)20-6-5-10(8-20)14(21)22/h3-4,7,10H,5-6,8-9H2,1-2H3,(H,19,23)(H,21,22). The van der Waals surface area contributed by atoms with E-state index in [2.05, 4.69) is 5.32 Å².